The van der Waals surface area contributed by atoms with Crippen molar-refractivity contribution in [2.24, 2.45) is 177 Å². The molecule has 3 unspecified atom stereocenters. The average molecular weight is 2060 g/mol. The fourth-order valence-electron chi connectivity index (χ4n) is 15.4. The molecule has 63 N–H and O–H groups in total. The Hall–Kier alpha value is -12.4. The van der Waals surface area contributed by atoms with Crippen LogP contribution in [0.1, 0.15) is 129 Å². The smallest absolute Gasteiger partial charge is 0.249 e. The molecule has 65 heteroatoms. The molecular weight excluding hydrogens is 1910 g/mol. The minimum Gasteiger partial charge on any atom is -0.394 e. The summed E-state index contributed by atoms with van der Waals surface area (Å²) in [4.78, 5) is 182. The summed E-state index contributed by atoms with van der Waals surface area (Å²) in [6.45, 7) is -1.57. The molecule has 3 aliphatic heterocycles. The van der Waals surface area contributed by atoms with Crippen LogP contribution >= 0.6 is 0 Å². The van der Waals surface area contributed by atoms with Crippen LogP contribution in [-0.4, -0.2) is 398 Å². The van der Waals surface area contributed by atoms with Crippen LogP contribution in [0.3, 0.4) is 0 Å². The van der Waals surface area contributed by atoms with Gasteiger partial charge in [-0.05, 0) is 122 Å². The van der Waals surface area contributed by atoms with E-state index in [0.29, 0.717) is 0 Å². The molecule has 3 heterocycles. The number of aliphatic hydroxyl groups excluding tert-OH is 7. The number of aliphatic hydroxyl groups is 7. The minimum atomic E-state index is -1.88. The van der Waals surface area contributed by atoms with Crippen molar-refractivity contribution >= 4 is 113 Å². The normalized spacial score (nSPS) is 25.2. The number of nitrogens with zero attached hydrogens (tertiary/aromatic N) is 9. The first kappa shape index (κ1) is 124. The predicted molar refractivity (Wildman–Crippen MR) is 525 cm³/mol. The Morgan fingerprint density at radius 2 is 0.535 bits per heavy atom. The maximum absolute atomic E-state index is 15.2. The van der Waals surface area contributed by atoms with E-state index in [2.05, 4.69) is 98.1 Å². The topological polar surface area (TPSA) is 1200 Å². The fourth-order valence-corrected chi connectivity index (χ4v) is 15.4. The van der Waals surface area contributed by atoms with Crippen molar-refractivity contribution in [3.05, 3.63) is 0 Å². The van der Waals surface area contributed by atoms with Crippen LogP contribution in [-0.2, 0) is 76.4 Å². The van der Waals surface area contributed by atoms with Crippen LogP contribution in [0.2, 0.25) is 0 Å². The van der Waals surface area contributed by atoms with Gasteiger partial charge in [-0.1, -0.05) is 0 Å². The van der Waals surface area contributed by atoms with E-state index < -0.39 is 243 Å². The van der Waals surface area contributed by atoms with Crippen molar-refractivity contribution in [3.63, 3.8) is 0 Å². The van der Waals surface area contributed by atoms with Crippen LogP contribution in [0, 0.1) is 0 Å². The Balaban J connectivity index is 1.77. The third-order valence-corrected chi connectivity index (χ3v) is 22.9. The van der Waals surface area contributed by atoms with Gasteiger partial charge in [0.2, 0.25) is 59.1 Å². The molecule has 10 amide bonds. The Morgan fingerprint density at radius 3 is 0.799 bits per heavy atom. The molecule has 4 rings (SSSR count). The van der Waals surface area contributed by atoms with Gasteiger partial charge in [-0.15, -0.1) is 0 Å². The number of hydrogen-bond acceptors (Lipinski definition) is 38. The van der Waals surface area contributed by atoms with Crippen LogP contribution in [0.15, 0.2) is 44.9 Å². The lowest BCUT2D eigenvalue weighted by Gasteiger charge is -2.47. The Morgan fingerprint density at radius 1 is 0.299 bits per heavy atom. The monoisotopic (exact) mass is 2060 g/mol. The van der Waals surface area contributed by atoms with E-state index in [1.54, 1.807) is 0 Å². The third kappa shape index (κ3) is 44.4. The SMILES string of the molecule is CC(=O)NC(=O)[C@@H](CCCN=C(N)N)NC(=O)[C@@H](CCCN=C(N)N)NC(=O)[C@@H](CCCN=C(N)N)NC(=O)[C@@H](CCCN=C(N)N)NC(=O)[C@@H](CCCN=C(N)N)NC(=O)[C@@H](CCCN=C(N)N)NC(=O)[C@@H](CCCN=C(N)N)NC(=O)[C@@H](CCCN=C(N)N)NC(=O)[C@@H](CCCN=C(N)N)NC[C@H]1O[C@H](OC2[C@@H](N)C[C@@H](N)[C@H](O)[C@H]2OC2O[C@H](CO)[C@@H](OC3O[C@H](CN)[C@@H](O)[C@H](O)[C@H]3N)[C@H]2O)[C@H](N)[C@@H](O)[C@@H]1O. The van der Waals surface area contributed by atoms with Gasteiger partial charge in [0.05, 0.1) is 30.8 Å². The zero-order valence-electron chi connectivity index (χ0n) is 80.6. The molecule has 144 heavy (non-hydrogen) atoms. The summed E-state index contributed by atoms with van der Waals surface area (Å²) in [5.74, 6) is -12.9. The van der Waals surface area contributed by atoms with Crippen molar-refractivity contribution in [1.29, 1.82) is 0 Å². The van der Waals surface area contributed by atoms with Gasteiger partial charge in [0.25, 0.3) is 0 Å². The summed E-state index contributed by atoms with van der Waals surface area (Å²) in [7, 11) is 0. The Bertz CT molecular complexity index is 4300. The molecule has 4 aliphatic rings. The summed E-state index contributed by atoms with van der Waals surface area (Å²) in [5, 5.41) is 104. The zero-order chi connectivity index (χ0) is 108. The second kappa shape index (κ2) is 64.3. The van der Waals surface area contributed by atoms with E-state index in [9.17, 15) is 54.9 Å². The van der Waals surface area contributed by atoms with Gasteiger partial charge < -0.3 is 244 Å². The number of carbonyl (C=O) groups excluding carboxylic acids is 10. The third-order valence-electron chi connectivity index (χ3n) is 22.9. The molecule has 1 aliphatic carbocycles. The van der Waals surface area contributed by atoms with Gasteiger partial charge in [-0.3, -0.25) is 98.2 Å². The largest absolute Gasteiger partial charge is 0.394 e. The summed E-state index contributed by atoms with van der Waals surface area (Å²) in [6.07, 6.45) is -26.8. The number of ether oxygens (including phenoxy) is 6. The molecular formula is C79H156N42O23. The van der Waals surface area contributed by atoms with Gasteiger partial charge >= 0.3 is 0 Å². The van der Waals surface area contributed by atoms with Gasteiger partial charge in [0, 0.05) is 91.0 Å². The molecule has 0 aromatic heterocycles. The lowest BCUT2D eigenvalue weighted by Crippen LogP contribution is -2.68. The van der Waals surface area contributed by atoms with E-state index in [-0.39, 0.29) is 241 Å². The first-order valence-corrected chi connectivity index (χ1v) is 46.8. The number of aliphatic imine (C=N–C) groups is 9. The summed E-state index contributed by atoms with van der Waals surface area (Å²) in [6, 6.07) is -19.6. The maximum Gasteiger partial charge on any atom is 0.249 e. The fraction of sp³-hybridized carbons (Fsp3) is 0.759. The van der Waals surface area contributed by atoms with Crippen molar-refractivity contribution in [2.75, 3.05) is 78.6 Å². The molecule has 0 aromatic rings. The minimum absolute atomic E-state index is 0.00140. The highest BCUT2D eigenvalue weighted by atomic mass is 16.8. The molecule has 0 bridgehead atoms. The van der Waals surface area contributed by atoms with Crippen LogP contribution in [0.4, 0.5) is 0 Å². The zero-order valence-corrected chi connectivity index (χ0v) is 80.6. The molecule has 1 saturated carbocycles. The van der Waals surface area contributed by atoms with E-state index >= 15 is 28.8 Å². The predicted octanol–water partition coefficient (Wildman–Crippen LogP) is -21.9. The maximum atomic E-state index is 15.2. The number of hydrogen-bond donors (Lipinski definition) is 40. The lowest BCUT2D eigenvalue weighted by molar-refractivity contribution is -0.307. The van der Waals surface area contributed by atoms with Gasteiger partial charge in [-0.25, -0.2) is 0 Å². The Kier molecular flexibility index (Phi) is 55.3. The molecule has 3 saturated heterocycles. The van der Waals surface area contributed by atoms with Crippen LogP contribution in [0.5, 0.6) is 0 Å². The van der Waals surface area contributed by atoms with E-state index in [1.807, 2.05) is 0 Å². The number of imide groups is 1. The highest BCUT2D eigenvalue weighted by Gasteiger charge is 2.55. The van der Waals surface area contributed by atoms with Crippen molar-refractivity contribution in [1.82, 2.24) is 53.2 Å². The molecule has 4 fully saturated rings. The molecule has 0 spiro atoms. The number of amides is 10. The molecule has 28 atom stereocenters. The van der Waals surface area contributed by atoms with E-state index in [4.69, 9.17) is 160 Å². The van der Waals surface area contributed by atoms with E-state index in [1.165, 1.54) is 0 Å². The first-order chi connectivity index (χ1) is 68.0. The van der Waals surface area contributed by atoms with Crippen LogP contribution < -0.4 is 185 Å². The summed E-state index contributed by atoms with van der Waals surface area (Å²) in [5.41, 5.74) is 133. The quantitative estimate of drug-likeness (QED) is 0.0153. The highest BCUT2D eigenvalue weighted by Crippen LogP contribution is 2.35. The molecule has 65 nitrogen and oxygen atoms in total. The molecule has 0 aromatic carbocycles. The summed E-state index contributed by atoms with van der Waals surface area (Å²) < 4.78 is 36.3. The number of nitrogens with one attached hydrogen (secondary N) is 10. The second-order valence-electron chi connectivity index (χ2n) is 34.5. The average Bonchev–Trinajstić information content (AvgIpc) is 1.57. The van der Waals surface area contributed by atoms with Crippen LogP contribution in [0.25, 0.3) is 0 Å². The van der Waals surface area contributed by atoms with Gasteiger partial charge in [-0.2, -0.15) is 0 Å². The number of carbonyl (C=O) groups is 10. The number of nitrogens with two attached hydrogens (primary N) is 23. The first-order valence-electron chi connectivity index (χ1n) is 46.8. The highest BCUT2D eigenvalue weighted by molar-refractivity contribution is 6.01. The van der Waals surface area contributed by atoms with Gasteiger partial charge in [0.15, 0.2) is 72.5 Å². The van der Waals surface area contributed by atoms with Crippen molar-refractivity contribution < 1.29 is 112 Å². The Labute approximate surface area is 829 Å². The summed E-state index contributed by atoms with van der Waals surface area (Å²) >= 11 is 0. The molecule has 0 radical (unpaired) electrons. The number of guanidine groups is 9. The van der Waals surface area contributed by atoms with Crippen molar-refractivity contribution in [3.8, 4) is 0 Å². The van der Waals surface area contributed by atoms with Crippen molar-refractivity contribution in [2.45, 2.75) is 300 Å². The second-order valence-corrected chi connectivity index (χ2v) is 34.5. The van der Waals surface area contributed by atoms with Gasteiger partial charge in [0.1, 0.15) is 115 Å². The standard InChI is InChI=1S/C79H156N42O23/c1-33(123)113-60(131)37(12-3-21-104-72(87)88)115-62(133)39(14-5-23-106-74(91)92)117-64(135)41(16-7-25-108-76(95)96)119-66(137)43(18-9-27-110-78(99)100)121-67(138)44(19-10-28-111-79(101)102)120-65(136)42(17-8-26-109-77(97)98)118-63(134)40(15-6-24-107-75(93)94)116-61(132)38(13-4-22-105-73(89)90)114-59(130)36(11-2-20-103-71(85)86)112-31-46-52(126)54(128)49(84)69(140-46)142-56-35(82)29-34(81)50(124)58(56)144-70-55(129)57(47(32-122)141-70)143-68-48(83)53(127)51(125)45(30-80)139-68/h34-58,68-70,112,122,124-129H,2-32,80-84H2,1H3,(H,114,130)(H,115,133)(H,116,132)(H,117,135)(H,118,134)(H,119,137)(H,120,136)(H,121,138)(H4,85,86,103)(H4,87,88,104)(H4,89,90,105)(H4,91,92,106)(H4,93,94,107)(H4,95,96,108)(H4,97,98,109)(H4,99,100,110)(H4,101,102,111)(H,113,123,131)/t34-,35+,36-,37-,38-,39-,40-,41-,42-,43-,44-,45-,46-,47-,48-,49-,50+,51-,52-,53-,54-,55-,56?,57-,58-,68?,69-,70?/m1/s1. The number of rotatable bonds is 64. The molecule has 820 valence electrons. The van der Waals surface area contributed by atoms with E-state index in [0.717, 1.165) is 6.92 Å². The lowest BCUT2D eigenvalue weighted by atomic mass is 9.84.